The average molecular weight is 404 g/mol. The molecule has 29 heavy (non-hydrogen) atoms. The van der Waals surface area contributed by atoms with E-state index in [4.69, 9.17) is 4.74 Å². The van der Waals surface area contributed by atoms with E-state index in [0.717, 1.165) is 44.8 Å². The minimum atomic E-state index is -0.227. The summed E-state index contributed by atoms with van der Waals surface area (Å²) in [5.74, 6) is 2.16. The van der Waals surface area contributed by atoms with E-state index in [0.29, 0.717) is 11.9 Å². The molecule has 1 amide bonds. The molecule has 1 aromatic rings. The lowest BCUT2D eigenvalue weighted by molar-refractivity contribution is -0.121. The molecule has 0 radical (unpaired) electrons. The summed E-state index contributed by atoms with van der Waals surface area (Å²) >= 11 is 0. The van der Waals surface area contributed by atoms with Gasteiger partial charge in [0.05, 0.1) is 13.7 Å². The lowest BCUT2D eigenvalue weighted by Gasteiger charge is -2.32. The Bertz CT molecular complexity index is 659. The van der Waals surface area contributed by atoms with Gasteiger partial charge in [0.1, 0.15) is 5.75 Å². The predicted octanol–water partition coefficient (Wildman–Crippen LogP) is 1.99. The SMILES string of the molecule is CN=C(NCC(=O)NC(C)(C)C)NCC1CCN(Cc2ccc(OC)cc2)CC1. The van der Waals surface area contributed by atoms with E-state index >= 15 is 0 Å². The minimum absolute atomic E-state index is 0.0349. The van der Waals surface area contributed by atoms with Crippen LogP contribution in [-0.2, 0) is 11.3 Å². The lowest BCUT2D eigenvalue weighted by atomic mass is 9.96. The van der Waals surface area contributed by atoms with E-state index in [-0.39, 0.29) is 18.0 Å². The van der Waals surface area contributed by atoms with Crippen molar-refractivity contribution in [2.75, 3.05) is 40.3 Å². The molecule has 3 N–H and O–H groups in total. The van der Waals surface area contributed by atoms with Crippen molar-refractivity contribution in [3.8, 4) is 5.75 Å². The number of nitrogens with zero attached hydrogens (tertiary/aromatic N) is 2. The first-order chi connectivity index (χ1) is 13.8. The van der Waals surface area contributed by atoms with Crippen LogP contribution in [0.4, 0.5) is 0 Å². The summed E-state index contributed by atoms with van der Waals surface area (Å²) in [7, 11) is 3.42. The number of likely N-dealkylation sites (tertiary alicyclic amines) is 1. The Morgan fingerprint density at radius 3 is 2.38 bits per heavy atom. The van der Waals surface area contributed by atoms with Crippen molar-refractivity contribution in [1.29, 1.82) is 0 Å². The highest BCUT2D eigenvalue weighted by atomic mass is 16.5. The molecule has 0 atom stereocenters. The van der Waals surface area contributed by atoms with Crippen LogP contribution in [0.1, 0.15) is 39.2 Å². The normalized spacial score (nSPS) is 16.4. The molecular weight excluding hydrogens is 366 g/mol. The number of rotatable bonds is 7. The lowest BCUT2D eigenvalue weighted by Crippen LogP contribution is -2.49. The number of benzene rings is 1. The number of aliphatic imine (C=N–C) groups is 1. The molecule has 1 aromatic carbocycles. The first-order valence-electron chi connectivity index (χ1n) is 10.4. The van der Waals surface area contributed by atoms with Gasteiger partial charge < -0.3 is 20.7 Å². The summed E-state index contributed by atoms with van der Waals surface area (Å²) < 4.78 is 5.22. The molecule has 0 unspecified atom stereocenters. The topological polar surface area (TPSA) is 78.0 Å². The maximum Gasteiger partial charge on any atom is 0.239 e. The summed E-state index contributed by atoms with van der Waals surface area (Å²) in [6.07, 6.45) is 2.31. The predicted molar refractivity (Wildman–Crippen MR) is 118 cm³/mol. The standard InChI is InChI=1S/C22H37N5O2/c1-22(2,3)26-20(28)15-25-21(23-4)24-14-17-10-12-27(13-11-17)16-18-6-8-19(29-5)9-7-18/h6-9,17H,10-16H2,1-5H3,(H,26,28)(H2,23,24,25). The van der Waals surface area contributed by atoms with Crippen LogP contribution in [-0.4, -0.2) is 62.6 Å². The van der Waals surface area contributed by atoms with Crippen LogP contribution in [0.15, 0.2) is 29.3 Å². The van der Waals surface area contributed by atoms with Crippen molar-refractivity contribution in [3.63, 3.8) is 0 Å². The molecule has 0 aliphatic carbocycles. The Balaban J connectivity index is 1.66. The summed E-state index contributed by atoms with van der Waals surface area (Å²) in [5.41, 5.74) is 1.09. The first kappa shape index (κ1) is 23.0. The second-order valence-corrected chi connectivity index (χ2v) is 8.67. The van der Waals surface area contributed by atoms with Gasteiger partial charge >= 0.3 is 0 Å². The van der Waals surface area contributed by atoms with Gasteiger partial charge in [-0.05, 0) is 70.3 Å². The van der Waals surface area contributed by atoms with Crippen LogP contribution in [0, 0.1) is 5.92 Å². The molecule has 0 saturated carbocycles. The van der Waals surface area contributed by atoms with Crippen LogP contribution < -0.4 is 20.7 Å². The highest BCUT2D eigenvalue weighted by Gasteiger charge is 2.20. The van der Waals surface area contributed by atoms with Gasteiger partial charge in [0.15, 0.2) is 5.96 Å². The zero-order chi connectivity index (χ0) is 21.3. The fourth-order valence-electron chi connectivity index (χ4n) is 3.43. The number of hydrogen-bond acceptors (Lipinski definition) is 4. The molecule has 1 heterocycles. The summed E-state index contributed by atoms with van der Waals surface area (Å²) in [4.78, 5) is 18.7. The zero-order valence-corrected chi connectivity index (χ0v) is 18.5. The number of guanidine groups is 1. The Hall–Kier alpha value is -2.28. The van der Waals surface area contributed by atoms with Crippen LogP contribution in [0.3, 0.4) is 0 Å². The minimum Gasteiger partial charge on any atom is -0.497 e. The van der Waals surface area contributed by atoms with Crippen LogP contribution >= 0.6 is 0 Å². The molecule has 162 valence electrons. The van der Waals surface area contributed by atoms with Crippen molar-refractivity contribution in [2.24, 2.45) is 10.9 Å². The van der Waals surface area contributed by atoms with Crippen molar-refractivity contribution >= 4 is 11.9 Å². The largest absolute Gasteiger partial charge is 0.497 e. The number of hydrogen-bond donors (Lipinski definition) is 3. The summed E-state index contributed by atoms with van der Waals surface area (Å²) in [6, 6.07) is 8.31. The van der Waals surface area contributed by atoms with E-state index < -0.39 is 0 Å². The van der Waals surface area contributed by atoms with Crippen molar-refractivity contribution in [2.45, 2.75) is 45.7 Å². The number of nitrogens with one attached hydrogen (secondary N) is 3. The van der Waals surface area contributed by atoms with E-state index in [1.54, 1.807) is 14.2 Å². The molecule has 1 aliphatic heterocycles. The maximum absolute atomic E-state index is 11.9. The molecule has 1 saturated heterocycles. The molecule has 0 aromatic heterocycles. The Kier molecular flexibility index (Phi) is 8.76. The smallest absolute Gasteiger partial charge is 0.239 e. The molecule has 1 fully saturated rings. The van der Waals surface area contributed by atoms with Gasteiger partial charge in [0, 0.05) is 25.7 Å². The summed E-state index contributed by atoms with van der Waals surface area (Å²) in [6.45, 7) is 10.2. The molecule has 7 nitrogen and oxygen atoms in total. The van der Waals surface area contributed by atoms with E-state index in [9.17, 15) is 4.79 Å². The summed E-state index contributed by atoms with van der Waals surface area (Å²) in [5, 5.41) is 9.39. The quantitative estimate of drug-likeness (QED) is 0.479. The van der Waals surface area contributed by atoms with Crippen LogP contribution in [0.5, 0.6) is 5.75 Å². The van der Waals surface area contributed by atoms with Crippen LogP contribution in [0.2, 0.25) is 0 Å². The van der Waals surface area contributed by atoms with Gasteiger partial charge in [0.2, 0.25) is 5.91 Å². The molecule has 7 heteroatoms. The Morgan fingerprint density at radius 2 is 1.83 bits per heavy atom. The van der Waals surface area contributed by atoms with Gasteiger partial charge in [0.25, 0.3) is 0 Å². The van der Waals surface area contributed by atoms with Gasteiger partial charge in [-0.2, -0.15) is 0 Å². The number of carbonyl (C=O) groups is 1. The van der Waals surface area contributed by atoms with Crippen molar-refractivity contribution < 1.29 is 9.53 Å². The maximum atomic E-state index is 11.9. The third-order valence-electron chi connectivity index (χ3n) is 4.98. The number of piperidine rings is 1. The van der Waals surface area contributed by atoms with E-state index in [2.05, 4.69) is 38.0 Å². The molecule has 0 bridgehead atoms. The third-order valence-corrected chi connectivity index (χ3v) is 4.98. The highest BCUT2D eigenvalue weighted by molar-refractivity contribution is 5.86. The zero-order valence-electron chi connectivity index (χ0n) is 18.5. The Labute approximate surface area is 175 Å². The number of carbonyl (C=O) groups excluding carboxylic acids is 1. The molecule has 0 spiro atoms. The fraction of sp³-hybridized carbons (Fsp3) is 0.636. The molecular formula is C22H37N5O2. The van der Waals surface area contributed by atoms with Gasteiger partial charge in [-0.3, -0.25) is 14.7 Å². The van der Waals surface area contributed by atoms with Crippen molar-refractivity contribution in [3.05, 3.63) is 29.8 Å². The second-order valence-electron chi connectivity index (χ2n) is 8.67. The number of ether oxygens (including phenoxy) is 1. The monoisotopic (exact) mass is 403 g/mol. The van der Waals surface area contributed by atoms with Gasteiger partial charge in [-0.1, -0.05) is 12.1 Å². The third kappa shape index (κ3) is 8.73. The van der Waals surface area contributed by atoms with Crippen LogP contribution in [0.25, 0.3) is 0 Å². The van der Waals surface area contributed by atoms with Crippen molar-refractivity contribution in [1.82, 2.24) is 20.9 Å². The number of methoxy groups -OCH3 is 1. The van der Waals surface area contributed by atoms with Gasteiger partial charge in [-0.15, -0.1) is 0 Å². The highest BCUT2D eigenvalue weighted by Crippen LogP contribution is 2.19. The Morgan fingerprint density at radius 1 is 1.17 bits per heavy atom. The first-order valence-corrected chi connectivity index (χ1v) is 10.4. The molecule has 1 aliphatic rings. The number of amides is 1. The van der Waals surface area contributed by atoms with Gasteiger partial charge in [-0.25, -0.2) is 0 Å². The second kappa shape index (κ2) is 11.0. The average Bonchev–Trinajstić information content (AvgIpc) is 2.68. The fourth-order valence-corrected chi connectivity index (χ4v) is 3.43. The van der Waals surface area contributed by atoms with E-state index in [1.807, 2.05) is 32.9 Å². The van der Waals surface area contributed by atoms with E-state index in [1.165, 1.54) is 5.56 Å². The molecule has 2 rings (SSSR count).